The SMILES string of the molecule is CCN1[C@H]2CC[C@@H]1[C@H](N)[C@H](O)C2. The van der Waals surface area contributed by atoms with Crippen molar-refractivity contribution in [2.75, 3.05) is 6.54 Å². The van der Waals surface area contributed by atoms with Crippen molar-refractivity contribution in [2.24, 2.45) is 5.73 Å². The van der Waals surface area contributed by atoms with Crippen LogP contribution >= 0.6 is 0 Å². The maximum atomic E-state index is 9.62. The average molecular weight is 170 g/mol. The Morgan fingerprint density at radius 3 is 2.92 bits per heavy atom. The molecule has 4 atom stereocenters. The summed E-state index contributed by atoms with van der Waals surface area (Å²) in [6.45, 7) is 3.26. The summed E-state index contributed by atoms with van der Waals surface area (Å²) >= 11 is 0. The second-order valence-electron chi connectivity index (χ2n) is 4.01. The summed E-state index contributed by atoms with van der Waals surface area (Å²) in [5.41, 5.74) is 5.93. The van der Waals surface area contributed by atoms with Crippen LogP contribution in [0.2, 0.25) is 0 Å². The highest BCUT2D eigenvalue weighted by Gasteiger charge is 2.44. The summed E-state index contributed by atoms with van der Waals surface area (Å²) in [5, 5.41) is 9.62. The van der Waals surface area contributed by atoms with Crippen LogP contribution in [0.15, 0.2) is 0 Å². The van der Waals surface area contributed by atoms with Gasteiger partial charge < -0.3 is 10.8 Å². The van der Waals surface area contributed by atoms with Gasteiger partial charge >= 0.3 is 0 Å². The topological polar surface area (TPSA) is 49.5 Å². The van der Waals surface area contributed by atoms with Crippen LogP contribution < -0.4 is 5.73 Å². The molecule has 2 heterocycles. The Bertz CT molecular complexity index is 174. The zero-order valence-electron chi connectivity index (χ0n) is 7.61. The molecule has 0 amide bonds. The monoisotopic (exact) mass is 170 g/mol. The van der Waals surface area contributed by atoms with E-state index in [0.29, 0.717) is 12.1 Å². The second-order valence-corrected chi connectivity index (χ2v) is 4.01. The zero-order valence-corrected chi connectivity index (χ0v) is 7.61. The second kappa shape index (κ2) is 2.98. The van der Waals surface area contributed by atoms with Gasteiger partial charge in [-0.2, -0.15) is 0 Å². The number of hydrogen-bond acceptors (Lipinski definition) is 3. The number of aliphatic hydroxyl groups excluding tert-OH is 1. The van der Waals surface area contributed by atoms with Gasteiger partial charge in [-0.3, -0.25) is 4.90 Å². The van der Waals surface area contributed by atoms with Gasteiger partial charge in [0.25, 0.3) is 0 Å². The lowest BCUT2D eigenvalue weighted by Gasteiger charge is -2.40. The molecule has 70 valence electrons. The van der Waals surface area contributed by atoms with Gasteiger partial charge in [0.05, 0.1) is 6.10 Å². The molecule has 12 heavy (non-hydrogen) atoms. The Balaban J connectivity index is 2.14. The van der Waals surface area contributed by atoms with E-state index < -0.39 is 0 Å². The third kappa shape index (κ3) is 1.08. The first-order valence-electron chi connectivity index (χ1n) is 4.93. The van der Waals surface area contributed by atoms with Gasteiger partial charge in [-0.05, 0) is 25.8 Å². The highest BCUT2D eigenvalue weighted by molar-refractivity contribution is 5.01. The third-order valence-corrected chi connectivity index (χ3v) is 3.46. The van der Waals surface area contributed by atoms with Gasteiger partial charge in [-0.15, -0.1) is 0 Å². The summed E-state index contributed by atoms with van der Waals surface area (Å²) in [5.74, 6) is 0. The Morgan fingerprint density at radius 2 is 2.25 bits per heavy atom. The first kappa shape index (κ1) is 8.48. The maximum absolute atomic E-state index is 9.62. The van der Waals surface area contributed by atoms with Crippen molar-refractivity contribution < 1.29 is 5.11 Å². The van der Waals surface area contributed by atoms with E-state index in [-0.39, 0.29) is 12.1 Å². The Morgan fingerprint density at radius 1 is 1.50 bits per heavy atom. The predicted octanol–water partition coefficient (Wildman–Crippen LogP) is -0.0688. The molecular weight excluding hydrogens is 152 g/mol. The number of hydrogen-bond donors (Lipinski definition) is 2. The van der Waals surface area contributed by atoms with Crippen molar-refractivity contribution in [3.05, 3.63) is 0 Å². The van der Waals surface area contributed by atoms with Crippen molar-refractivity contribution in [3.8, 4) is 0 Å². The van der Waals surface area contributed by atoms with Crippen LogP contribution in [0.5, 0.6) is 0 Å². The summed E-state index contributed by atoms with van der Waals surface area (Å²) in [4.78, 5) is 2.46. The van der Waals surface area contributed by atoms with Crippen LogP contribution in [-0.4, -0.2) is 40.8 Å². The van der Waals surface area contributed by atoms with Gasteiger partial charge in [0, 0.05) is 18.1 Å². The van der Waals surface area contributed by atoms with Crippen LogP contribution in [0, 0.1) is 0 Å². The Hall–Kier alpha value is -0.120. The van der Waals surface area contributed by atoms with E-state index >= 15 is 0 Å². The normalized spacial score (nSPS) is 48.2. The molecule has 0 aromatic heterocycles. The van der Waals surface area contributed by atoms with E-state index in [1.165, 1.54) is 12.8 Å². The average Bonchev–Trinajstić information content (AvgIpc) is 2.39. The van der Waals surface area contributed by atoms with Crippen LogP contribution in [0.25, 0.3) is 0 Å². The van der Waals surface area contributed by atoms with E-state index in [0.717, 1.165) is 13.0 Å². The number of fused-ring (bicyclic) bond motifs is 2. The number of nitrogens with zero attached hydrogens (tertiary/aromatic N) is 1. The summed E-state index contributed by atoms with van der Waals surface area (Å²) in [6.07, 6.45) is 3.02. The minimum Gasteiger partial charge on any atom is -0.391 e. The molecule has 2 fully saturated rings. The molecule has 3 heteroatoms. The van der Waals surface area contributed by atoms with Gasteiger partial charge in [0.2, 0.25) is 0 Å². The molecule has 2 bridgehead atoms. The van der Waals surface area contributed by atoms with Gasteiger partial charge in [0.15, 0.2) is 0 Å². The molecule has 2 rings (SSSR count). The quantitative estimate of drug-likeness (QED) is 0.579. The standard InChI is InChI=1S/C9H18N2O/c1-2-11-6-3-4-7(11)9(10)8(12)5-6/h6-9,12H,2-5,10H2,1H3/t6-,7+,8+,9-/m0/s1. The van der Waals surface area contributed by atoms with Crippen molar-refractivity contribution in [3.63, 3.8) is 0 Å². The molecule has 2 aliphatic heterocycles. The van der Waals surface area contributed by atoms with Gasteiger partial charge in [-0.25, -0.2) is 0 Å². The number of aliphatic hydroxyl groups is 1. The minimum absolute atomic E-state index is 0.0105. The van der Waals surface area contributed by atoms with Crippen LogP contribution in [0.1, 0.15) is 26.2 Å². The molecule has 3 N–H and O–H groups in total. The molecule has 0 aromatic rings. The van der Waals surface area contributed by atoms with E-state index in [1.807, 2.05) is 0 Å². The summed E-state index contributed by atoms with van der Waals surface area (Å²) < 4.78 is 0. The van der Waals surface area contributed by atoms with Gasteiger partial charge in [-0.1, -0.05) is 6.92 Å². The van der Waals surface area contributed by atoms with Crippen molar-refractivity contribution in [2.45, 2.75) is 50.4 Å². The van der Waals surface area contributed by atoms with Crippen molar-refractivity contribution >= 4 is 0 Å². The van der Waals surface area contributed by atoms with Gasteiger partial charge in [0.1, 0.15) is 0 Å². The molecule has 0 unspecified atom stereocenters. The fraction of sp³-hybridized carbons (Fsp3) is 1.00. The van der Waals surface area contributed by atoms with Crippen LogP contribution in [0.4, 0.5) is 0 Å². The highest BCUT2D eigenvalue weighted by Crippen LogP contribution is 2.34. The molecule has 2 saturated heterocycles. The van der Waals surface area contributed by atoms with E-state index in [9.17, 15) is 5.11 Å². The maximum Gasteiger partial charge on any atom is 0.0721 e. The number of nitrogens with two attached hydrogens (primary N) is 1. The molecular formula is C9H18N2O. The molecule has 2 aliphatic rings. The summed E-state index contributed by atoms with van der Waals surface area (Å²) in [7, 11) is 0. The molecule has 0 radical (unpaired) electrons. The number of likely N-dealkylation sites (N-methyl/N-ethyl adjacent to an activating group) is 1. The lowest BCUT2D eigenvalue weighted by Crippen LogP contribution is -2.57. The predicted molar refractivity (Wildman–Crippen MR) is 47.8 cm³/mol. The van der Waals surface area contributed by atoms with Crippen molar-refractivity contribution in [1.82, 2.24) is 4.90 Å². The Kier molecular flexibility index (Phi) is 2.10. The highest BCUT2D eigenvalue weighted by atomic mass is 16.3. The summed E-state index contributed by atoms with van der Waals surface area (Å²) in [6, 6.07) is 1.04. The fourth-order valence-electron chi connectivity index (χ4n) is 2.82. The van der Waals surface area contributed by atoms with Crippen LogP contribution in [0.3, 0.4) is 0 Å². The van der Waals surface area contributed by atoms with E-state index in [1.54, 1.807) is 0 Å². The van der Waals surface area contributed by atoms with E-state index in [2.05, 4.69) is 11.8 Å². The van der Waals surface area contributed by atoms with E-state index in [4.69, 9.17) is 5.73 Å². The van der Waals surface area contributed by atoms with Crippen molar-refractivity contribution in [1.29, 1.82) is 0 Å². The lowest BCUT2D eigenvalue weighted by atomic mass is 9.95. The first-order valence-corrected chi connectivity index (χ1v) is 4.93. The largest absolute Gasteiger partial charge is 0.391 e. The fourth-order valence-corrected chi connectivity index (χ4v) is 2.82. The number of rotatable bonds is 1. The van der Waals surface area contributed by atoms with Crippen LogP contribution in [-0.2, 0) is 0 Å². The first-order chi connectivity index (χ1) is 5.74. The zero-order chi connectivity index (χ0) is 8.72. The molecule has 3 nitrogen and oxygen atoms in total. The molecule has 0 aliphatic carbocycles. The third-order valence-electron chi connectivity index (χ3n) is 3.46. The lowest BCUT2D eigenvalue weighted by molar-refractivity contribution is 0.0194. The molecule has 0 aromatic carbocycles. The molecule has 0 saturated carbocycles. The molecule has 0 spiro atoms. The Labute approximate surface area is 73.5 Å². The minimum atomic E-state index is -0.259. The smallest absolute Gasteiger partial charge is 0.0721 e. The number of piperidine rings is 1.